The lowest BCUT2D eigenvalue weighted by atomic mass is 10.0. The van der Waals surface area contributed by atoms with Gasteiger partial charge >= 0.3 is 0 Å². The van der Waals surface area contributed by atoms with E-state index in [9.17, 15) is 4.79 Å². The topological polar surface area (TPSA) is 60.9 Å². The number of aromatic nitrogens is 3. The molecule has 4 aromatic rings. The Balaban J connectivity index is 1.77. The van der Waals surface area contributed by atoms with E-state index < -0.39 is 0 Å². The minimum Gasteiger partial charge on any atom is -0.364 e. The first-order valence-electron chi connectivity index (χ1n) is 8.12. The highest BCUT2D eigenvalue weighted by Crippen LogP contribution is 2.33. The predicted molar refractivity (Wildman–Crippen MR) is 106 cm³/mol. The summed E-state index contributed by atoms with van der Waals surface area (Å²) in [4.78, 5) is 18.5. The van der Waals surface area contributed by atoms with E-state index in [1.807, 2.05) is 11.4 Å². The molecule has 0 bridgehead atoms. The smallest absolute Gasteiger partial charge is 0.263 e. The predicted octanol–water partition coefficient (Wildman–Crippen LogP) is 4.56. The van der Waals surface area contributed by atoms with Crippen LogP contribution in [0.15, 0.2) is 50.4 Å². The van der Waals surface area contributed by atoms with Crippen LogP contribution in [0.4, 0.5) is 0 Å². The van der Waals surface area contributed by atoms with Crippen molar-refractivity contribution in [3.05, 3.63) is 63.1 Å². The fraction of sp³-hybridized carbons (Fsp3) is 0.211. The van der Waals surface area contributed by atoms with Gasteiger partial charge in [-0.2, -0.15) is 0 Å². The molecule has 3 aromatic heterocycles. The molecule has 5 nitrogen and oxygen atoms in total. The van der Waals surface area contributed by atoms with E-state index in [2.05, 4.69) is 37.2 Å². The van der Waals surface area contributed by atoms with Crippen LogP contribution < -0.4 is 5.56 Å². The highest BCUT2D eigenvalue weighted by atomic mass is 32.2. The third kappa shape index (κ3) is 2.97. The van der Waals surface area contributed by atoms with Crippen molar-refractivity contribution in [1.29, 1.82) is 0 Å². The Bertz CT molecular complexity index is 1140. The Morgan fingerprint density at radius 2 is 2.08 bits per heavy atom. The number of hydrogen-bond donors (Lipinski definition) is 0. The van der Waals surface area contributed by atoms with Crippen LogP contribution in [0.25, 0.3) is 21.3 Å². The molecular formula is C19H17N3O2S2. The van der Waals surface area contributed by atoms with Crippen LogP contribution in [0.5, 0.6) is 0 Å². The summed E-state index contributed by atoms with van der Waals surface area (Å²) >= 11 is 2.99. The van der Waals surface area contributed by atoms with Gasteiger partial charge in [0.2, 0.25) is 0 Å². The second kappa shape index (κ2) is 6.74. The van der Waals surface area contributed by atoms with E-state index >= 15 is 0 Å². The Kier molecular flexibility index (Phi) is 4.42. The molecule has 0 radical (unpaired) electrons. The third-order valence-electron chi connectivity index (χ3n) is 4.43. The van der Waals surface area contributed by atoms with Crippen molar-refractivity contribution in [2.24, 2.45) is 7.05 Å². The van der Waals surface area contributed by atoms with Crippen molar-refractivity contribution < 1.29 is 4.52 Å². The summed E-state index contributed by atoms with van der Waals surface area (Å²) in [5, 5.41) is 7.29. The Morgan fingerprint density at radius 3 is 2.81 bits per heavy atom. The second-order valence-electron chi connectivity index (χ2n) is 6.17. The summed E-state index contributed by atoms with van der Waals surface area (Å²) in [6, 6.07) is 8.10. The first-order valence-corrected chi connectivity index (χ1v) is 9.99. The Morgan fingerprint density at radius 1 is 1.23 bits per heavy atom. The van der Waals surface area contributed by atoms with Crippen molar-refractivity contribution in [2.75, 3.05) is 0 Å². The van der Waals surface area contributed by atoms with Gasteiger partial charge in [0.05, 0.1) is 11.1 Å². The van der Waals surface area contributed by atoms with E-state index in [0.29, 0.717) is 16.3 Å². The minimum atomic E-state index is -0.0212. The molecule has 7 heteroatoms. The SMILES string of the molecule is Cc1ccc(-c2csc3nc(SCc4ccon4)n(C)c(=O)c23)cc1C. The molecule has 0 aliphatic heterocycles. The largest absolute Gasteiger partial charge is 0.364 e. The van der Waals surface area contributed by atoms with Crippen LogP contribution in [-0.2, 0) is 12.8 Å². The standard InChI is InChI=1S/C19H17N3O2S2/c1-11-4-5-13(8-12(11)2)15-10-25-17-16(15)18(23)22(3)19(20-17)26-9-14-6-7-24-21-14/h4-8,10H,9H2,1-3H3. The van der Waals surface area contributed by atoms with E-state index in [0.717, 1.165) is 21.7 Å². The summed E-state index contributed by atoms with van der Waals surface area (Å²) in [5.41, 5.74) is 5.27. The summed E-state index contributed by atoms with van der Waals surface area (Å²) in [6.45, 7) is 4.17. The second-order valence-corrected chi connectivity index (χ2v) is 7.97. The van der Waals surface area contributed by atoms with Gasteiger partial charge in [0.1, 0.15) is 11.1 Å². The fourth-order valence-corrected chi connectivity index (χ4v) is 4.61. The lowest BCUT2D eigenvalue weighted by Crippen LogP contribution is -2.19. The zero-order valence-electron chi connectivity index (χ0n) is 14.6. The average Bonchev–Trinajstić information content (AvgIpc) is 3.29. The minimum absolute atomic E-state index is 0.0212. The number of benzene rings is 1. The summed E-state index contributed by atoms with van der Waals surface area (Å²) < 4.78 is 6.46. The van der Waals surface area contributed by atoms with Gasteiger partial charge in [0, 0.05) is 29.8 Å². The summed E-state index contributed by atoms with van der Waals surface area (Å²) in [7, 11) is 1.77. The summed E-state index contributed by atoms with van der Waals surface area (Å²) in [5.74, 6) is 0.609. The third-order valence-corrected chi connectivity index (χ3v) is 6.37. The van der Waals surface area contributed by atoms with Gasteiger partial charge in [-0.05, 0) is 30.5 Å². The Labute approximate surface area is 158 Å². The number of nitrogens with zero attached hydrogens (tertiary/aromatic N) is 3. The zero-order valence-corrected chi connectivity index (χ0v) is 16.3. The zero-order chi connectivity index (χ0) is 18.3. The fourth-order valence-electron chi connectivity index (χ4n) is 2.75. The first kappa shape index (κ1) is 17.1. The number of rotatable bonds is 4. The lowest BCUT2D eigenvalue weighted by Gasteiger charge is -2.08. The molecule has 26 heavy (non-hydrogen) atoms. The summed E-state index contributed by atoms with van der Waals surface area (Å²) in [6.07, 6.45) is 1.54. The lowest BCUT2D eigenvalue weighted by molar-refractivity contribution is 0.414. The van der Waals surface area contributed by atoms with Crippen molar-refractivity contribution in [3.8, 4) is 11.1 Å². The quantitative estimate of drug-likeness (QED) is 0.382. The van der Waals surface area contributed by atoms with Gasteiger partial charge in [-0.25, -0.2) is 4.98 Å². The molecule has 0 saturated carbocycles. The van der Waals surface area contributed by atoms with Crippen molar-refractivity contribution >= 4 is 33.3 Å². The van der Waals surface area contributed by atoms with Crippen LogP contribution in [0, 0.1) is 13.8 Å². The van der Waals surface area contributed by atoms with Crippen molar-refractivity contribution in [3.63, 3.8) is 0 Å². The Hall–Kier alpha value is -2.38. The first-order chi connectivity index (χ1) is 12.5. The maximum absolute atomic E-state index is 13.0. The number of thioether (sulfide) groups is 1. The molecule has 1 aromatic carbocycles. The maximum Gasteiger partial charge on any atom is 0.263 e. The van der Waals surface area contributed by atoms with Crippen LogP contribution in [-0.4, -0.2) is 14.7 Å². The molecule has 0 atom stereocenters. The normalized spacial score (nSPS) is 11.3. The molecule has 0 saturated heterocycles. The van der Waals surface area contributed by atoms with Crippen molar-refractivity contribution in [1.82, 2.24) is 14.7 Å². The maximum atomic E-state index is 13.0. The van der Waals surface area contributed by atoms with Gasteiger partial charge in [-0.3, -0.25) is 9.36 Å². The van der Waals surface area contributed by atoms with Crippen LogP contribution in [0.1, 0.15) is 16.8 Å². The van der Waals surface area contributed by atoms with Crippen molar-refractivity contribution in [2.45, 2.75) is 24.8 Å². The van der Waals surface area contributed by atoms with E-state index in [4.69, 9.17) is 9.51 Å². The molecule has 132 valence electrons. The molecule has 0 N–H and O–H groups in total. The van der Waals surface area contributed by atoms with E-state index in [-0.39, 0.29) is 5.56 Å². The van der Waals surface area contributed by atoms with E-state index in [1.165, 1.54) is 34.2 Å². The van der Waals surface area contributed by atoms with Gasteiger partial charge < -0.3 is 4.52 Å². The highest BCUT2D eigenvalue weighted by molar-refractivity contribution is 7.98. The number of aryl methyl sites for hydroxylation is 2. The van der Waals surface area contributed by atoms with E-state index in [1.54, 1.807) is 17.9 Å². The molecule has 0 aliphatic rings. The van der Waals surface area contributed by atoms with Gasteiger partial charge in [-0.15, -0.1) is 11.3 Å². The molecule has 0 spiro atoms. The molecule has 3 heterocycles. The number of fused-ring (bicyclic) bond motifs is 1. The number of hydrogen-bond acceptors (Lipinski definition) is 6. The van der Waals surface area contributed by atoms with Gasteiger partial charge in [-0.1, -0.05) is 35.1 Å². The van der Waals surface area contributed by atoms with Gasteiger partial charge in [0.15, 0.2) is 5.16 Å². The molecular weight excluding hydrogens is 366 g/mol. The average molecular weight is 383 g/mol. The van der Waals surface area contributed by atoms with Crippen LogP contribution in [0.2, 0.25) is 0 Å². The van der Waals surface area contributed by atoms with Crippen LogP contribution in [0.3, 0.4) is 0 Å². The highest BCUT2D eigenvalue weighted by Gasteiger charge is 2.16. The molecule has 0 aliphatic carbocycles. The molecule has 0 unspecified atom stereocenters. The van der Waals surface area contributed by atoms with Crippen LogP contribution >= 0.6 is 23.1 Å². The molecule has 4 rings (SSSR count). The van der Waals surface area contributed by atoms with Gasteiger partial charge in [0.25, 0.3) is 5.56 Å². The molecule has 0 fully saturated rings. The molecule has 0 amide bonds. The number of thiophene rings is 1. The monoisotopic (exact) mass is 383 g/mol.